The molecule has 18 heavy (non-hydrogen) atoms. The van der Waals surface area contributed by atoms with Crippen molar-refractivity contribution in [3.63, 3.8) is 0 Å². The molecule has 0 aromatic carbocycles. The maximum Gasteiger partial charge on any atom is 0.0510 e. The Labute approximate surface area is 112 Å². The standard InChI is InChI=1S/C14H29N3O/c1-3-5-15-14(13-4-10-18-12-13)11-17-8-6-16(2)7-9-17/h13-15H,3-12H2,1-2H3. The molecule has 0 spiro atoms. The minimum absolute atomic E-state index is 0.621. The number of ether oxygens (including phenoxy) is 1. The zero-order valence-electron chi connectivity index (χ0n) is 12.0. The maximum absolute atomic E-state index is 5.56. The van der Waals surface area contributed by atoms with E-state index in [1.165, 1.54) is 45.6 Å². The van der Waals surface area contributed by atoms with Gasteiger partial charge in [0.05, 0.1) is 6.61 Å². The molecule has 2 heterocycles. The highest BCUT2D eigenvalue weighted by atomic mass is 16.5. The molecule has 0 radical (unpaired) electrons. The van der Waals surface area contributed by atoms with Gasteiger partial charge in [-0.25, -0.2) is 0 Å². The van der Waals surface area contributed by atoms with E-state index in [1.807, 2.05) is 0 Å². The SMILES string of the molecule is CCCNC(CN1CCN(C)CC1)C1CCOC1. The summed E-state index contributed by atoms with van der Waals surface area (Å²) in [5.74, 6) is 0.719. The lowest BCUT2D eigenvalue weighted by Crippen LogP contribution is -2.51. The Morgan fingerprint density at radius 2 is 2.06 bits per heavy atom. The Bertz CT molecular complexity index is 223. The molecular weight excluding hydrogens is 226 g/mol. The second kappa shape index (κ2) is 7.43. The van der Waals surface area contributed by atoms with Crippen LogP contribution in [0.4, 0.5) is 0 Å². The Morgan fingerprint density at radius 3 is 2.67 bits per heavy atom. The molecule has 2 rings (SSSR count). The van der Waals surface area contributed by atoms with Crippen LogP contribution in [-0.4, -0.2) is 75.4 Å². The second-order valence-corrected chi connectivity index (χ2v) is 5.79. The third-order valence-electron chi connectivity index (χ3n) is 4.24. The van der Waals surface area contributed by atoms with E-state index in [9.17, 15) is 0 Å². The number of piperazine rings is 1. The van der Waals surface area contributed by atoms with Gasteiger partial charge in [0.2, 0.25) is 0 Å². The number of hydrogen-bond acceptors (Lipinski definition) is 4. The lowest BCUT2D eigenvalue weighted by Gasteiger charge is -2.36. The van der Waals surface area contributed by atoms with Crippen molar-refractivity contribution in [3.8, 4) is 0 Å². The summed E-state index contributed by atoms with van der Waals surface area (Å²) >= 11 is 0. The Kier molecular flexibility index (Phi) is 5.89. The molecule has 4 nitrogen and oxygen atoms in total. The smallest absolute Gasteiger partial charge is 0.0510 e. The first-order chi connectivity index (χ1) is 8.79. The van der Waals surface area contributed by atoms with Crippen molar-refractivity contribution in [2.75, 3.05) is 59.5 Å². The van der Waals surface area contributed by atoms with Crippen molar-refractivity contribution in [3.05, 3.63) is 0 Å². The fourth-order valence-corrected chi connectivity index (χ4v) is 2.89. The Morgan fingerprint density at radius 1 is 1.28 bits per heavy atom. The van der Waals surface area contributed by atoms with Gasteiger partial charge in [-0.15, -0.1) is 0 Å². The summed E-state index contributed by atoms with van der Waals surface area (Å²) in [7, 11) is 2.22. The fourth-order valence-electron chi connectivity index (χ4n) is 2.89. The molecule has 0 bridgehead atoms. The molecule has 1 N–H and O–H groups in total. The zero-order chi connectivity index (χ0) is 12.8. The third kappa shape index (κ3) is 4.19. The molecule has 2 aliphatic rings. The van der Waals surface area contributed by atoms with Gasteiger partial charge < -0.3 is 15.0 Å². The minimum Gasteiger partial charge on any atom is -0.381 e. The summed E-state index contributed by atoms with van der Waals surface area (Å²) in [6.45, 7) is 11.3. The number of hydrogen-bond donors (Lipinski definition) is 1. The first-order valence-electron chi connectivity index (χ1n) is 7.51. The van der Waals surface area contributed by atoms with Gasteiger partial charge in [0.1, 0.15) is 0 Å². The highest BCUT2D eigenvalue weighted by Crippen LogP contribution is 2.18. The van der Waals surface area contributed by atoms with Gasteiger partial charge in [0, 0.05) is 51.3 Å². The first kappa shape index (κ1) is 14.3. The van der Waals surface area contributed by atoms with Crippen LogP contribution in [0.25, 0.3) is 0 Å². The summed E-state index contributed by atoms with van der Waals surface area (Å²) in [5, 5.41) is 3.73. The van der Waals surface area contributed by atoms with Gasteiger partial charge in [-0.2, -0.15) is 0 Å². The Hall–Kier alpha value is -0.160. The minimum atomic E-state index is 0.621. The average molecular weight is 255 g/mol. The van der Waals surface area contributed by atoms with E-state index in [0.717, 1.165) is 25.7 Å². The molecule has 0 amide bonds. The predicted molar refractivity (Wildman–Crippen MR) is 74.9 cm³/mol. The zero-order valence-corrected chi connectivity index (χ0v) is 12.0. The van der Waals surface area contributed by atoms with Gasteiger partial charge in [0.25, 0.3) is 0 Å². The summed E-state index contributed by atoms with van der Waals surface area (Å²) in [5.41, 5.74) is 0. The third-order valence-corrected chi connectivity index (χ3v) is 4.24. The van der Waals surface area contributed by atoms with Crippen molar-refractivity contribution in [1.82, 2.24) is 15.1 Å². The van der Waals surface area contributed by atoms with Gasteiger partial charge in [-0.3, -0.25) is 4.90 Å². The van der Waals surface area contributed by atoms with Gasteiger partial charge in [-0.05, 0) is 26.4 Å². The highest BCUT2D eigenvalue weighted by molar-refractivity contribution is 4.84. The van der Waals surface area contributed by atoms with Gasteiger partial charge in [0.15, 0.2) is 0 Å². The van der Waals surface area contributed by atoms with Crippen molar-refractivity contribution in [1.29, 1.82) is 0 Å². The van der Waals surface area contributed by atoms with Crippen LogP contribution in [0.5, 0.6) is 0 Å². The van der Waals surface area contributed by atoms with Crippen molar-refractivity contribution in [2.24, 2.45) is 5.92 Å². The molecule has 0 saturated carbocycles. The van der Waals surface area contributed by atoms with E-state index in [-0.39, 0.29) is 0 Å². The van der Waals surface area contributed by atoms with E-state index >= 15 is 0 Å². The lowest BCUT2D eigenvalue weighted by atomic mass is 9.98. The average Bonchev–Trinajstić information content (AvgIpc) is 2.90. The topological polar surface area (TPSA) is 27.7 Å². The summed E-state index contributed by atoms with van der Waals surface area (Å²) in [4.78, 5) is 5.04. The van der Waals surface area contributed by atoms with Crippen molar-refractivity contribution >= 4 is 0 Å². The van der Waals surface area contributed by atoms with E-state index in [2.05, 4.69) is 29.1 Å². The molecule has 2 unspecified atom stereocenters. The predicted octanol–water partition coefficient (Wildman–Crippen LogP) is 0.639. The maximum atomic E-state index is 5.56. The second-order valence-electron chi connectivity index (χ2n) is 5.79. The van der Waals surface area contributed by atoms with Crippen LogP contribution in [0.15, 0.2) is 0 Å². The molecule has 106 valence electrons. The summed E-state index contributed by atoms with van der Waals surface area (Å²) in [6, 6.07) is 0.621. The van der Waals surface area contributed by atoms with E-state index < -0.39 is 0 Å². The number of nitrogens with one attached hydrogen (secondary N) is 1. The van der Waals surface area contributed by atoms with Gasteiger partial charge >= 0.3 is 0 Å². The lowest BCUT2D eigenvalue weighted by molar-refractivity contribution is 0.122. The van der Waals surface area contributed by atoms with Crippen LogP contribution in [0.2, 0.25) is 0 Å². The van der Waals surface area contributed by atoms with Crippen LogP contribution < -0.4 is 5.32 Å². The Balaban J connectivity index is 1.79. The molecule has 0 aliphatic carbocycles. The normalized spacial score (nSPS) is 28.7. The fraction of sp³-hybridized carbons (Fsp3) is 1.00. The van der Waals surface area contributed by atoms with E-state index in [4.69, 9.17) is 4.74 Å². The highest BCUT2D eigenvalue weighted by Gasteiger charge is 2.27. The molecule has 2 atom stereocenters. The van der Waals surface area contributed by atoms with E-state index in [0.29, 0.717) is 6.04 Å². The number of nitrogens with zero attached hydrogens (tertiary/aromatic N) is 2. The summed E-state index contributed by atoms with van der Waals surface area (Å²) < 4.78 is 5.56. The van der Waals surface area contributed by atoms with Crippen LogP contribution in [0.1, 0.15) is 19.8 Å². The molecule has 4 heteroatoms. The number of rotatable bonds is 6. The van der Waals surface area contributed by atoms with Crippen LogP contribution in [0, 0.1) is 5.92 Å². The van der Waals surface area contributed by atoms with Crippen molar-refractivity contribution < 1.29 is 4.74 Å². The molecule has 2 fully saturated rings. The van der Waals surface area contributed by atoms with Crippen LogP contribution >= 0.6 is 0 Å². The van der Waals surface area contributed by atoms with E-state index in [1.54, 1.807) is 0 Å². The first-order valence-corrected chi connectivity index (χ1v) is 7.51. The van der Waals surface area contributed by atoms with Crippen molar-refractivity contribution in [2.45, 2.75) is 25.8 Å². The molecule has 0 aromatic rings. The summed E-state index contributed by atoms with van der Waals surface area (Å²) in [6.07, 6.45) is 2.45. The largest absolute Gasteiger partial charge is 0.381 e. The van der Waals surface area contributed by atoms with Crippen LogP contribution in [-0.2, 0) is 4.74 Å². The molecule has 2 aliphatic heterocycles. The van der Waals surface area contributed by atoms with Crippen LogP contribution in [0.3, 0.4) is 0 Å². The molecule has 2 saturated heterocycles. The van der Waals surface area contributed by atoms with Gasteiger partial charge in [-0.1, -0.05) is 6.92 Å². The number of likely N-dealkylation sites (N-methyl/N-ethyl adjacent to an activating group) is 1. The molecular formula is C14H29N3O. The molecule has 0 aromatic heterocycles. The quantitative estimate of drug-likeness (QED) is 0.754. The monoisotopic (exact) mass is 255 g/mol.